The Kier molecular flexibility index (Phi) is 3.55. The fourth-order valence-electron chi connectivity index (χ4n) is 1.79. The average Bonchev–Trinajstić information content (AvgIpc) is 2.31. The molecule has 0 radical (unpaired) electrons. The van der Waals surface area contributed by atoms with E-state index in [1.807, 2.05) is 0 Å². The molecule has 0 aromatic heterocycles. The molecule has 19 heavy (non-hydrogen) atoms. The van der Waals surface area contributed by atoms with Crippen molar-refractivity contribution in [3.63, 3.8) is 0 Å². The molecular weight excluding hydrogens is 250 g/mol. The van der Waals surface area contributed by atoms with Crippen molar-refractivity contribution in [2.75, 3.05) is 13.1 Å². The minimum atomic E-state index is -0.849. The van der Waals surface area contributed by atoms with Crippen LogP contribution >= 0.6 is 0 Å². The van der Waals surface area contributed by atoms with Crippen LogP contribution in [0.3, 0.4) is 0 Å². The summed E-state index contributed by atoms with van der Waals surface area (Å²) in [5, 5.41) is 6.15. The van der Waals surface area contributed by atoms with Crippen molar-refractivity contribution in [2.24, 2.45) is 5.41 Å². The fraction of sp³-hybridized carbons (Fsp3) is 0.357. The van der Waals surface area contributed by atoms with E-state index in [0.717, 1.165) is 25.2 Å². The van der Waals surface area contributed by atoms with Crippen LogP contribution in [0.5, 0.6) is 0 Å². The van der Waals surface area contributed by atoms with Gasteiger partial charge in [-0.05, 0) is 17.5 Å². The first-order valence-electron chi connectivity index (χ1n) is 6.06. The van der Waals surface area contributed by atoms with Crippen molar-refractivity contribution in [1.82, 2.24) is 10.6 Å². The molecular formula is C14H16F2N2O. The molecule has 0 saturated carbocycles. The molecule has 102 valence electrons. The number of allylic oxidation sites excluding steroid dienone is 1. The van der Waals surface area contributed by atoms with Gasteiger partial charge in [-0.15, -0.1) is 0 Å². The second kappa shape index (κ2) is 4.99. The van der Waals surface area contributed by atoms with Gasteiger partial charge < -0.3 is 10.6 Å². The van der Waals surface area contributed by atoms with Crippen LogP contribution in [0.25, 0.3) is 0 Å². The van der Waals surface area contributed by atoms with Gasteiger partial charge in [-0.3, -0.25) is 4.79 Å². The van der Waals surface area contributed by atoms with Gasteiger partial charge in [0.1, 0.15) is 17.5 Å². The SMILES string of the molecule is CC1(C)CNC(=CC(=O)c2ccc(F)cc2F)NC1. The van der Waals surface area contributed by atoms with Gasteiger partial charge in [0.2, 0.25) is 0 Å². The molecule has 5 heteroatoms. The van der Waals surface area contributed by atoms with Crippen LogP contribution in [0.4, 0.5) is 8.78 Å². The topological polar surface area (TPSA) is 41.1 Å². The van der Waals surface area contributed by atoms with Gasteiger partial charge in [0.15, 0.2) is 5.78 Å². The lowest BCUT2D eigenvalue weighted by atomic mass is 9.92. The molecule has 1 heterocycles. The highest BCUT2D eigenvalue weighted by Crippen LogP contribution is 2.17. The number of benzene rings is 1. The lowest BCUT2D eigenvalue weighted by Crippen LogP contribution is -2.47. The summed E-state index contributed by atoms with van der Waals surface area (Å²) in [6.07, 6.45) is 1.30. The molecule has 0 spiro atoms. The van der Waals surface area contributed by atoms with Gasteiger partial charge in [0, 0.05) is 25.2 Å². The summed E-state index contributed by atoms with van der Waals surface area (Å²) < 4.78 is 26.2. The number of nitrogens with one attached hydrogen (secondary N) is 2. The summed E-state index contributed by atoms with van der Waals surface area (Å²) in [6.45, 7) is 5.63. The molecule has 0 amide bonds. The van der Waals surface area contributed by atoms with Gasteiger partial charge in [-0.2, -0.15) is 0 Å². The highest BCUT2D eigenvalue weighted by Gasteiger charge is 2.23. The second-order valence-electron chi connectivity index (χ2n) is 5.42. The van der Waals surface area contributed by atoms with E-state index in [1.165, 1.54) is 6.08 Å². The molecule has 0 unspecified atom stereocenters. The Bertz CT molecular complexity index is 526. The Labute approximate surface area is 110 Å². The summed E-state index contributed by atoms with van der Waals surface area (Å²) in [6, 6.07) is 2.92. The predicted octanol–water partition coefficient (Wildman–Crippen LogP) is 2.21. The summed E-state index contributed by atoms with van der Waals surface area (Å²) in [5.74, 6) is -1.48. The number of halogens is 2. The van der Waals surface area contributed by atoms with Gasteiger partial charge in [-0.1, -0.05) is 13.8 Å². The molecule has 0 aliphatic carbocycles. The molecule has 3 nitrogen and oxygen atoms in total. The third-order valence-electron chi connectivity index (χ3n) is 2.99. The van der Waals surface area contributed by atoms with Crippen molar-refractivity contribution in [3.05, 3.63) is 47.3 Å². The third kappa shape index (κ3) is 3.30. The van der Waals surface area contributed by atoms with E-state index >= 15 is 0 Å². The number of ketones is 1. The first kappa shape index (κ1) is 13.5. The van der Waals surface area contributed by atoms with E-state index in [0.29, 0.717) is 11.9 Å². The Morgan fingerprint density at radius 2 is 1.89 bits per heavy atom. The van der Waals surface area contributed by atoms with Gasteiger partial charge in [0.05, 0.1) is 5.56 Å². The van der Waals surface area contributed by atoms with Crippen LogP contribution in [0.2, 0.25) is 0 Å². The number of hydrogen-bond acceptors (Lipinski definition) is 3. The molecule has 1 aromatic carbocycles. The first-order chi connectivity index (χ1) is 8.87. The van der Waals surface area contributed by atoms with Crippen molar-refractivity contribution in [2.45, 2.75) is 13.8 Å². The maximum Gasteiger partial charge on any atom is 0.192 e. The smallest absolute Gasteiger partial charge is 0.192 e. The monoisotopic (exact) mass is 266 g/mol. The standard InChI is InChI=1S/C14H16F2N2O/c1-14(2)7-17-13(18-8-14)6-12(19)10-4-3-9(15)5-11(10)16/h3-6,17-18H,7-8H2,1-2H3. The van der Waals surface area contributed by atoms with E-state index in [4.69, 9.17) is 0 Å². The molecule has 1 aliphatic heterocycles. The molecule has 0 atom stereocenters. The maximum atomic E-state index is 13.4. The summed E-state index contributed by atoms with van der Waals surface area (Å²) >= 11 is 0. The predicted molar refractivity (Wildman–Crippen MR) is 68.6 cm³/mol. The van der Waals surface area contributed by atoms with E-state index < -0.39 is 17.4 Å². The molecule has 1 aromatic rings. The van der Waals surface area contributed by atoms with Gasteiger partial charge in [-0.25, -0.2) is 8.78 Å². The number of rotatable bonds is 2. The van der Waals surface area contributed by atoms with Crippen molar-refractivity contribution < 1.29 is 13.6 Å². The Balaban J connectivity index is 2.13. The van der Waals surface area contributed by atoms with Crippen molar-refractivity contribution in [3.8, 4) is 0 Å². The lowest BCUT2D eigenvalue weighted by molar-refractivity contribution is 0.104. The van der Waals surface area contributed by atoms with Crippen LogP contribution in [0, 0.1) is 17.0 Å². The van der Waals surface area contributed by atoms with E-state index in [9.17, 15) is 13.6 Å². The molecule has 1 fully saturated rings. The highest BCUT2D eigenvalue weighted by atomic mass is 19.1. The van der Waals surface area contributed by atoms with Crippen molar-refractivity contribution in [1.29, 1.82) is 0 Å². The quantitative estimate of drug-likeness (QED) is 0.637. The number of carbonyl (C=O) groups is 1. The van der Waals surface area contributed by atoms with Crippen LogP contribution in [-0.4, -0.2) is 18.9 Å². The van der Waals surface area contributed by atoms with Gasteiger partial charge >= 0.3 is 0 Å². The van der Waals surface area contributed by atoms with Crippen LogP contribution in [0.15, 0.2) is 30.1 Å². The normalized spacial score (nSPS) is 17.4. The molecule has 1 saturated heterocycles. The molecule has 2 rings (SSSR count). The Morgan fingerprint density at radius 3 is 2.47 bits per heavy atom. The fourth-order valence-corrected chi connectivity index (χ4v) is 1.79. The van der Waals surface area contributed by atoms with Crippen LogP contribution < -0.4 is 10.6 Å². The third-order valence-corrected chi connectivity index (χ3v) is 2.99. The molecule has 2 N–H and O–H groups in total. The zero-order chi connectivity index (χ0) is 14.0. The lowest BCUT2D eigenvalue weighted by Gasteiger charge is -2.33. The molecule has 0 bridgehead atoms. The van der Waals surface area contributed by atoms with Crippen LogP contribution in [-0.2, 0) is 0 Å². The van der Waals surface area contributed by atoms with E-state index in [2.05, 4.69) is 24.5 Å². The summed E-state index contributed by atoms with van der Waals surface area (Å²) in [5.41, 5.74) is -0.0380. The van der Waals surface area contributed by atoms with Gasteiger partial charge in [0.25, 0.3) is 0 Å². The zero-order valence-corrected chi connectivity index (χ0v) is 10.9. The second-order valence-corrected chi connectivity index (χ2v) is 5.42. The van der Waals surface area contributed by atoms with Crippen molar-refractivity contribution >= 4 is 5.78 Å². The minimum Gasteiger partial charge on any atom is -0.371 e. The van der Waals surface area contributed by atoms with E-state index in [-0.39, 0.29) is 11.0 Å². The maximum absolute atomic E-state index is 13.4. The zero-order valence-electron chi connectivity index (χ0n) is 10.9. The van der Waals surface area contributed by atoms with E-state index in [1.54, 1.807) is 0 Å². The number of hydrogen-bond donors (Lipinski definition) is 2. The Hall–Kier alpha value is -1.91. The summed E-state index contributed by atoms with van der Waals surface area (Å²) in [4.78, 5) is 11.9. The Morgan fingerprint density at radius 1 is 1.26 bits per heavy atom. The largest absolute Gasteiger partial charge is 0.371 e. The molecule has 1 aliphatic rings. The number of carbonyl (C=O) groups excluding carboxylic acids is 1. The highest BCUT2D eigenvalue weighted by molar-refractivity contribution is 6.05. The van der Waals surface area contributed by atoms with Crippen LogP contribution in [0.1, 0.15) is 24.2 Å². The summed E-state index contributed by atoms with van der Waals surface area (Å²) in [7, 11) is 0. The average molecular weight is 266 g/mol. The first-order valence-corrected chi connectivity index (χ1v) is 6.06. The minimum absolute atomic E-state index is 0.0987.